The maximum absolute atomic E-state index is 12.4. The Bertz CT molecular complexity index is 301. The second kappa shape index (κ2) is 2.11. The van der Waals surface area contributed by atoms with Crippen molar-refractivity contribution in [3.8, 4) is 0 Å². The van der Waals surface area contributed by atoms with Gasteiger partial charge in [0.05, 0.1) is 0 Å². The SMILES string of the molecule is Fc1ccc(C2(Br)N=N2)cc1. The standard InChI is InChI=1S/C7H4BrFN2/c8-7(10-11-7)5-1-3-6(9)4-2-5/h1-4H. The molecule has 0 aliphatic carbocycles. The first-order valence-electron chi connectivity index (χ1n) is 3.10. The molecule has 11 heavy (non-hydrogen) atoms. The number of rotatable bonds is 1. The van der Waals surface area contributed by atoms with E-state index < -0.39 is 4.57 Å². The molecule has 0 radical (unpaired) electrons. The van der Waals surface area contributed by atoms with Gasteiger partial charge in [-0.25, -0.2) is 4.39 Å². The summed E-state index contributed by atoms with van der Waals surface area (Å²) < 4.78 is 11.8. The number of hydrogen-bond acceptors (Lipinski definition) is 2. The molecule has 1 aromatic rings. The molecule has 0 fully saturated rings. The van der Waals surface area contributed by atoms with Crippen LogP contribution < -0.4 is 0 Å². The van der Waals surface area contributed by atoms with Crippen LogP contribution in [0.4, 0.5) is 4.39 Å². The Balaban J connectivity index is 2.34. The Morgan fingerprint density at radius 2 is 1.73 bits per heavy atom. The van der Waals surface area contributed by atoms with Crippen LogP contribution in [0.5, 0.6) is 0 Å². The molecule has 2 rings (SSSR count). The lowest BCUT2D eigenvalue weighted by molar-refractivity contribution is 0.626. The Kier molecular flexibility index (Phi) is 1.32. The van der Waals surface area contributed by atoms with Gasteiger partial charge in [0, 0.05) is 5.56 Å². The molecule has 56 valence electrons. The monoisotopic (exact) mass is 214 g/mol. The smallest absolute Gasteiger partial charge is 0.207 e. The minimum absolute atomic E-state index is 0.245. The van der Waals surface area contributed by atoms with Gasteiger partial charge in [0.1, 0.15) is 5.82 Å². The molecule has 0 unspecified atom stereocenters. The molecule has 0 atom stereocenters. The first kappa shape index (κ1) is 6.91. The summed E-state index contributed by atoms with van der Waals surface area (Å²) >= 11 is 3.27. The lowest BCUT2D eigenvalue weighted by Gasteiger charge is -1.99. The second-order valence-corrected chi connectivity index (χ2v) is 3.40. The lowest BCUT2D eigenvalue weighted by atomic mass is 10.2. The number of benzene rings is 1. The van der Waals surface area contributed by atoms with Gasteiger partial charge in [-0.2, -0.15) is 0 Å². The first-order chi connectivity index (χ1) is 5.21. The van der Waals surface area contributed by atoms with Crippen molar-refractivity contribution in [3.63, 3.8) is 0 Å². The van der Waals surface area contributed by atoms with Gasteiger partial charge in [0.25, 0.3) is 4.57 Å². The van der Waals surface area contributed by atoms with Gasteiger partial charge in [-0.1, -0.05) is 12.1 Å². The van der Waals surface area contributed by atoms with E-state index in [2.05, 4.69) is 26.2 Å². The molecule has 0 aromatic heterocycles. The highest BCUT2D eigenvalue weighted by Crippen LogP contribution is 2.45. The Morgan fingerprint density at radius 3 is 2.18 bits per heavy atom. The largest absolute Gasteiger partial charge is 0.269 e. The number of nitrogens with zero attached hydrogens (tertiary/aromatic N) is 2. The minimum Gasteiger partial charge on any atom is -0.207 e. The van der Waals surface area contributed by atoms with Crippen molar-refractivity contribution < 1.29 is 4.39 Å². The Morgan fingerprint density at radius 1 is 1.18 bits per heavy atom. The van der Waals surface area contributed by atoms with Crippen LogP contribution in [0.2, 0.25) is 0 Å². The molecular weight excluding hydrogens is 211 g/mol. The first-order valence-corrected chi connectivity index (χ1v) is 3.89. The minimum atomic E-state index is -0.569. The van der Waals surface area contributed by atoms with Gasteiger partial charge in [-0.15, -0.1) is 10.2 Å². The number of alkyl halides is 1. The molecule has 1 aliphatic rings. The van der Waals surface area contributed by atoms with Crippen LogP contribution in [-0.4, -0.2) is 0 Å². The summed E-state index contributed by atoms with van der Waals surface area (Å²) in [6.45, 7) is 0. The van der Waals surface area contributed by atoms with Crippen LogP contribution >= 0.6 is 15.9 Å². The average Bonchev–Trinajstić information content (AvgIpc) is 2.70. The van der Waals surface area contributed by atoms with Crippen LogP contribution in [0.1, 0.15) is 5.56 Å². The Hall–Kier alpha value is -0.770. The third kappa shape index (κ3) is 1.18. The van der Waals surface area contributed by atoms with E-state index in [4.69, 9.17) is 0 Å². The van der Waals surface area contributed by atoms with Crippen molar-refractivity contribution >= 4 is 15.9 Å². The molecule has 4 heteroatoms. The molecule has 0 N–H and O–H groups in total. The highest BCUT2D eigenvalue weighted by molar-refractivity contribution is 9.09. The zero-order valence-electron chi connectivity index (χ0n) is 5.46. The molecule has 1 heterocycles. The quantitative estimate of drug-likeness (QED) is 0.508. The van der Waals surface area contributed by atoms with E-state index in [-0.39, 0.29) is 5.82 Å². The van der Waals surface area contributed by atoms with Gasteiger partial charge in [-0.3, -0.25) is 0 Å². The number of hydrogen-bond donors (Lipinski definition) is 0. The Labute approximate surface area is 71.3 Å². The van der Waals surface area contributed by atoms with Gasteiger partial charge in [0.15, 0.2) is 0 Å². The summed E-state index contributed by atoms with van der Waals surface area (Å²) in [5.41, 5.74) is 0.860. The predicted octanol–water partition coefficient (Wildman–Crippen LogP) is 2.80. The molecule has 0 saturated carbocycles. The van der Waals surface area contributed by atoms with Crippen LogP contribution in [0.3, 0.4) is 0 Å². The maximum Gasteiger partial charge on any atom is 0.269 e. The topological polar surface area (TPSA) is 24.7 Å². The molecule has 0 spiro atoms. The molecular formula is C7H4BrFN2. The van der Waals surface area contributed by atoms with E-state index >= 15 is 0 Å². The van der Waals surface area contributed by atoms with Crippen molar-refractivity contribution in [2.24, 2.45) is 10.2 Å². The fraction of sp³-hybridized carbons (Fsp3) is 0.143. The van der Waals surface area contributed by atoms with Gasteiger partial charge >= 0.3 is 0 Å². The molecule has 1 aromatic carbocycles. The lowest BCUT2D eigenvalue weighted by Crippen LogP contribution is -1.96. The average molecular weight is 215 g/mol. The summed E-state index contributed by atoms with van der Waals surface area (Å²) in [5, 5.41) is 7.51. The van der Waals surface area contributed by atoms with Crippen LogP contribution in [-0.2, 0) is 4.57 Å². The van der Waals surface area contributed by atoms with Gasteiger partial charge in [0.2, 0.25) is 0 Å². The van der Waals surface area contributed by atoms with Crippen molar-refractivity contribution in [2.45, 2.75) is 4.57 Å². The highest BCUT2D eigenvalue weighted by Gasteiger charge is 2.38. The van der Waals surface area contributed by atoms with Crippen molar-refractivity contribution in [3.05, 3.63) is 35.6 Å². The van der Waals surface area contributed by atoms with Crippen LogP contribution in [0, 0.1) is 5.82 Å². The van der Waals surface area contributed by atoms with Crippen molar-refractivity contribution in [1.29, 1.82) is 0 Å². The highest BCUT2D eigenvalue weighted by atomic mass is 79.9. The van der Waals surface area contributed by atoms with Crippen LogP contribution in [0.15, 0.2) is 34.5 Å². The maximum atomic E-state index is 12.4. The van der Waals surface area contributed by atoms with Crippen LogP contribution in [0.25, 0.3) is 0 Å². The summed E-state index contributed by atoms with van der Waals surface area (Å²) in [6.07, 6.45) is 0. The zero-order valence-corrected chi connectivity index (χ0v) is 7.05. The van der Waals surface area contributed by atoms with E-state index in [0.717, 1.165) is 5.56 Å². The molecule has 1 aliphatic heterocycles. The third-order valence-electron chi connectivity index (χ3n) is 1.49. The van der Waals surface area contributed by atoms with E-state index in [1.807, 2.05) is 0 Å². The second-order valence-electron chi connectivity index (χ2n) is 2.29. The molecule has 0 saturated heterocycles. The molecule has 0 amide bonds. The van der Waals surface area contributed by atoms with E-state index in [0.29, 0.717) is 0 Å². The predicted molar refractivity (Wildman–Crippen MR) is 41.9 cm³/mol. The fourth-order valence-corrected chi connectivity index (χ4v) is 1.16. The summed E-state index contributed by atoms with van der Waals surface area (Å²) in [5.74, 6) is -0.245. The van der Waals surface area contributed by atoms with E-state index in [1.165, 1.54) is 12.1 Å². The van der Waals surface area contributed by atoms with E-state index in [9.17, 15) is 4.39 Å². The van der Waals surface area contributed by atoms with Gasteiger partial charge < -0.3 is 0 Å². The normalized spacial score (nSPS) is 18.4. The van der Waals surface area contributed by atoms with Crippen molar-refractivity contribution in [1.82, 2.24) is 0 Å². The third-order valence-corrected chi connectivity index (χ3v) is 2.26. The summed E-state index contributed by atoms with van der Waals surface area (Å²) in [4.78, 5) is 0. The molecule has 2 nitrogen and oxygen atoms in total. The molecule has 0 bridgehead atoms. The van der Waals surface area contributed by atoms with Crippen molar-refractivity contribution in [2.75, 3.05) is 0 Å². The fourth-order valence-electron chi connectivity index (χ4n) is 0.821. The van der Waals surface area contributed by atoms with E-state index in [1.54, 1.807) is 12.1 Å². The number of halogens is 2. The summed E-state index contributed by atoms with van der Waals surface area (Å²) in [6, 6.07) is 6.09. The van der Waals surface area contributed by atoms with Gasteiger partial charge in [-0.05, 0) is 28.1 Å². The summed E-state index contributed by atoms with van der Waals surface area (Å²) in [7, 11) is 0. The zero-order chi connectivity index (χ0) is 7.90.